The molecule has 0 N–H and O–H groups in total. The van der Waals surface area contributed by atoms with E-state index in [2.05, 4.69) is 4.98 Å². The van der Waals surface area contributed by atoms with E-state index in [1.807, 2.05) is 31.7 Å². The standard InChI is InChI=1S/C16H20ClN3O3/c1-16(2,3)23-15(21)20-8-6-19(7-9-20)14-18-12-10-11(17)4-5-13(12)22-14/h4-5,10H,6-9H2,1-3H3. The second kappa shape index (κ2) is 5.92. The molecule has 0 atom stereocenters. The first-order valence-corrected chi connectivity index (χ1v) is 7.98. The van der Waals surface area contributed by atoms with Gasteiger partial charge in [0.05, 0.1) is 0 Å². The normalized spacial score (nSPS) is 16.0. The number of oxazole rings is 1. The zero-order valence-corrected chi connectivity index (χ0v) is 14.3. The van der Waals surface area contributed by atoms with Crippen molar-refractivity contribution in [3.05, 3.63) is 23.2 Å². The first-order chi connectivity index (χ1) is 10.8. The van der Waals surface area contributed by atoms with Gasteiger partial charge in [-0.05, 0) is 39.0 Å². The van der Waals surface area contributed by atoms with Crippen LogP contribution in [-0.2, 0) is 4.74 Å². The molecule has 1 saturated heterocycles. The van der Waals surface area contributed by atoms with Crippen LogP contribution < -0.4 is 4.90 Å². The van der Waals surface area contributed by atoms with Crippen LogP contribution in [0.15, 0.2) is 22.6 Å². The smallest absolute Gasteiger partial charge is 0.410 e. The molecule has 7 heteroatoms. The minimum atomic E-state index is -0.478. The zero-order chi connectivity index (χ0) is 16.6. The summed E-state index contributed by atoms with van der Waals surface area (Å²) in [5.41, 5.74) is 0.967. The average molecular weight is 338 g/mol. The molecule has 1 aliphatic rings. The Hall–Kier alpha value is -1.95. The number of hydrogen-bond acceptors (Lipinski definition) is 5. The van der Waals surface area contributed by atoms with Crippen LogP contribution in [0.4, 0.5) is 10.8 Å². The van der Waals surface area contributed by atoms with E-state index in [9.17, 15) is 4.79 Å². The number of fused-ring (bicyclic) bond motifs is 1. The van der Waals surface area contributed by atoms with E-state index in [-0.39, 0.29) is 6.09 Å². The summed E-state index contributed by atoms with van der Waals surface area (Å²) in [4.78, 5) is 20.3. The number of halogens is 1. The molecule has 124 valence electrons. The molecule has 2 heterocycles. The topological polar surface area (TPSA) is 58.8 Å². The second-order valence-electron chi connectivity index (χ2n) is 6.56. The van der Waals surface area contributed by atoms with Gasteiger partial charge in [0.2, 0.25) is 0 Å². The quantitative estimate of drug-likeness (QED) is 0.796. The predicted octanol–water partition coefficient (Wildman–Crippen LogP) is 3.54. The van der Waals surface area contributed by atoms with Crippen molar-refractivity contribution in [2.45, 2.75) is 26.4 Å². The largest absolute Gasteiger partial charge is 0.444 e. The number of piperazine rings is 1. The summed E-state index contributed by atoms with van der Waals surface area (Å²) in [6.07, 6.45) is -0.276. The van der Waals surface area contributed by atoms with Crippen LogP contribution in [0.3, 0.4) is 0 Å². The fourth-order valence-corrected chi connectivity index (χ4v) is 2.60. The van der Waals surface area contributed by atoms with Crippen molar-refractivity contribution in [3.8, 4) is 0 Å². The van der Waals surface area contributed by atoms with E-state index in [4.69, 9.17) is 20.8 Å². The van der Waals surface area contributed by atoms with E-state index in [1.54, 1.807) is 17.0 Å². The number of nitrogens with zero attached hydrogens (tertiary/aromatic N) is 3. The van der Waals surface area contributed by atoms with Gasteiger partial charge < -0.3 is 19.0 Å². The molecule has 1 aliphatic heterocycles. The number of hydrogen-bond donors (Lipinski definition) is 0. The highest BCUT2D eigenvalue weighted by Gasteiger charge is 2.27. The van der Waals surface area contributed by atoms with Gasteiger partial charge in [0, 0.05) is 31.2 Å². The number of amides is 1. The number of aromatic nitrogens is 1. The van der Waals surface area contributed by atoms with Crippen molar-refractivity contribution in [2.24, 2.45) is 0 Å². The third kappa shape index (κ3) is 3.69. The lowest BCUT2D eigenvalue weighted by atomic mass is 10.2. The molecule has 0 spiro atoms. The fourth-order valence-electron chi connectivity index (χ4n) is 2.43. The highest BCUT2D eigenvalue weighted by Crippen LogP contribution is 2.25. The van der Waals surface area contributed by atoms with Crippen LogP contribution in [0.5, 0.6) is 0 Å². The molecule has 0 saturated carbocycles. The molecule has 23 heavy (non-hydrogen) atoms. The Labute approximate surface area is 140 Å². The van der Waals surface area contributed by atoms with Gasteiger partial charge in [0.15, 0.2) is 5.58 Å². The van der Waals surface area contributed by atoms with E-state index in [1.165, 1.54) is 0 Å². The first kappa shape index (κ1) is 15.9. The number of rotatable bonds is 1. The van der Waals surface area contributed by atoms with Gasteiger partial charge in [-0.25, -0.2) is 4.79 Å². The van der Waals surface area contributed by atoms with E-state index < -0.39 is 5.60 Å². The molecule has 3 rings (SSSR count). The van der Waals surface area contributed by atoms with Crippen LogP contribution in [0.2, 0.25) is 5.02 Å². The third-order valence-corrected chi connectivity index (χ3v) is 3.78. The summed E-state index contributed by atoms with van der Waals surface area (Å²) in [6, 6.07) is 5.93. The van der Waals surface area contributed by atoms with Crippen molar-refractivity contribution in [1.82, 2.24) is 9.88 Å². The van der Waals surface area contributed by atoms with Crippen molar-refractivity contribution < 1.29 is 13.9 Å². The molecule has 2 aromatic rings. The van der Waals surface area contributed by atoms with Crippen molar-refractivity contribution in [1.29, 1.82) is 0 Å². The summed E-state index contributed by atoms with van der Waals surface area (Å²) >= 11 is 5.97. The predicted molar refractivity (Wildman–Crippen MR) is 89.0 cm³/mol. The lowest BCUT2D eigenvalue weighted by molar-refractivity contribution is 0.0239. The minimum absolute atomic E-state index is 0.276. The number of benzene rings is 1. The molecule has 1 aromatic carbocycles. The first-order valence-electron chi connectivity index (χ1n) is 7.61. The number of ether oxygens (including phenoxy) is 1. The van der Waals surface area contributed by atoms with Crippen molar-refractivity contribution in [2.75, 3.05) is 31.1 Å². The maximum absolute atomic E-state index is 12.1. The maximum Gasteiger partial charge on any atom is 0.410 e. The molecule has 0 aliphatic carbocycles. The number of anilines is 1. The molecule has 1 amide bonds. The molecule has 1 fully saturated rings. The van der Waals surface area contributed by atoms with Crippen molar-refractivity contribution >= 4 is 34.8 Å². The third-order valence-electron chi connectivity index (χ3n) is 3.54. The Balaban J connectivity index is 1.65. The SMILES string of the molecule is CC(C)(C)OC(=O)N1CCN(c2nc3cc(Cl)ccc3o2)CC1. The molecular weight excluding hydrogens is 318 g/mol. The number of carbonyl (C=O) groups excluding carboxylic acids is 1. The highest BCUT2D eigenvalue weighted by atomic mass is 35.5. The van der Waals surface area contributed by atoms with Gasteiger partial charge in [-0.15, -0.1) is 0 Å². The lowest BCUT2D eigenvalue weighted by Crippen LogP contribution is -2.50. The van der Waals surface area contributed by atoms with E-state index in [0.29, 0.717) is 42.8 Å². The monoisotopic (exact) mass is 337 g/mol. The van der Waals surface area contributed by atoms with Gasteiger partial charge >= 0.3 is 6.09 Å². The molecule has 1 aromatic heterocycles. The van der Waals surface area contributed by atoms with Gasteiger partial charge in [-0.3, -0.25) is 0 Å². The Morgan fingerprint density at radius 1 is 1.26 bits per heavy atom. The van der Waals surface area contributed by atoms with E-state index in [0.717, 1.165) is 5.52 Å². The van der Waals surface area contributed by atoms with Crippen LogP contribution >= 0.6 is 11.6 Å². The van der Waals surface area contributed by atoms with Crippen LogP contribution in [-0.4, -0.2) is 47.8 Å². The Bertz CT molecular complexity index is 715. The summed E-state index contributed by atoms with van der Waals surface area (Å²) in [5, 5.41) is 0.632. The van der Waals surface area contributed by atoms with Crippen LogP contribution in [0, 0.1) is 0 Å². The fraction of sp³-hybridized carbons (Fsp3) is 0.500. The lowest BCUT2D eigenvalue weighted by Gasteiger charge is -2.34. The Kier molecular flexibility index (Phi) is 4.10. The molecule has 6 nitrogen and oxygen atoms in total. The van der Waals surface area contributed by atoms with Gasteiger partial charge in [-0.2, -0.15) is 4.98 Å². The summed E-state index contributed by atoms with van der Waals surface area (Å²) in [5.74, 6) is 0. The van der Waals surface area contributed by atoms with Crippen molar-refractivity contribution in [3.63, 3.8) is 0 Å². The molecule has 0 radical (unpaired) electrons. The molecular formula is C16H20ClN3O3. The summed E-state index contributed by atoms with van der Waals surface area (Å²) in [6.45, 7) is 8.06. The highest BCUT2D eigenvalue weighted by molar-refractivity contribution is 6.31. The van der Waals surface area contributed by atoms with Crippen LogP contribution in [0.25, 0.3) is 11.1 Å². The van der Waals surface area contributed by atoms with Crippen LogP contribution in [0.1, 0.15) is 20.8 Å². The molecule has 0 bridgehead atoms. The molecule has 0 unspecified atom stereocenters. The Morgan fingerprint density at radius 3 is 2.61 bits per heavy atom. The summed E-state index contributed by atoms with van der Waals surface area (Å²) < 4.78 is 11.2. The average Bonchev–Trinajstić information content (AvgIpc) is 2.88. The zero-order valence-electron chi connectivity index (χ0n) is 13.5. The van der Waals surface area contributed by atoms with Gasteiger partial charge in [0.1, 0.15) is 11.1 Å². The maximum atomic E-state index is 12.1. The number of carbonyl (C=O) groups is 1. The van der Waals surface area contributed by atoms with Gasteiger partial charge in [0.25, 0.3) is 6.01 Å². The van der Waals surface area contributed by atoms with Gasteiger partial charge in [-0.1, -0.05) is 11.6 Å². The Morgan fingerprint density at radius 2 is 1.96 bits per heavy atom. The summed E-state index contributed by atoms with van der Waals surface area (Å²) in [7, 11) is 0. The van der Waals surface area contributed by atoms with E-state index >= 15 is 0 Å². The second-order valence-corrected chi connectivity index (χ2v) is 7.00. The minimum Gasteiger partial charge on any atom is -0.444 e.